The summed E-state index contributed by atoms with van der Waals surface area (Å²) in [5.74, 6) is 9.78. The average molecular weight is 488 g/mol. The van der Waals surface area contributed by atoms with Crippen molar-refractivity contribution in [2.75, 3.05) is 19.0 Å². The largest absolute Gasteiger partial charge is 0.378 e. The van der Waals surface area contributed by atoms with Gasteiger partial charge in [0.2, 0.25) is 0 Å². The summed E-state index contributed by atoms with van der Waals surface area (Å²) >= 11 is 0. The van der Waals surface area contributed by atoms with Gasteiger partial charge in [0.1, 0.15) is 5.60 Å². The number of rotatable bonds is 3. The molecule has 1 N–H and O–H groups in total. The normalized spacial score (nSPS) is 37.7. The minimum Gasteiger partial charge on any atom is -0.378 e. The minimum absolute atomic E-state index is 0.0814. The quantitative estimate of drug-likeness (QED) is 0.479. The van der Waals surface area contributed by atoms with Crippen LogP contribution in [0.25, 0.3) is 0 Å². The van der Waals surface area contributed by atoms with E-state index in [1.807, 2.05) is 6.08 Å². The van der Waals surface area contributed by atoms with Gasteiger partial charge in [-0.1, -0.05) is 43.4 Å². The van der Waals surface area contributed by atoms with Gasteiger partial charge in [-0.15, -0.1) is 0 Å². The van der Waals surface area contributed by atoms with Gasteiger partial charge in [-0.3, -0.25) is 4.79 Å². The Hall–Kier alpha value is -2.05. The Labute approximate surface area is 218 Å². The Balaban J connectivity index is 1.58. The number of hydrogen-bond acceptors (Lipinski definition) is 3. The van der Waals surface area contributed by atoms with Crippen LogP contribution in [-0.2, 0) is 4.79 Å². The Morgan fingerprint density at radius 3 is 2.47 bits per heavy atom. The van der Waals surface area contributed by atoms with Crippen molar-refractivity contribution in [2.45, 2.75) is 90.6 Å². The third-order valence-electron chi connectivity index (χ3n) is 10.8. The minimum atomic E-state index is -0.935. The van der Waals surface area contributed by atoms with Crippen LogP contribution in [0.1, 0.15) is 90.5 Å². The number of carbonyl (C=O) groups is 1. The van der Waals surface area contributed by atoms with E-state index in [9.17, 15) is 9.90 Å². The van der Waals surface area contributed by atoms with E-state index in [1.54, 1.807) is 0 Å². The van der Waals surface area contributed by atoms with Crippen LogP contribution in [-0.4, -0.2) is 30.6 Å². The molecule has 3 fully saturated rings. The van der Waals surface area contributed by atoms with E-state index in [2.05, 4.69) is 82.8 Å². The molecule has 0 amide bonds. The standard InChI is InChI=1S/C33H45NO2/c1-7-31(2,3)18-19-33(36)17-16-29-27-14-10-23-20-25(35)13-15-26(23)30(27)28(21-32(29,33)4)22-8-11-24(12-9-22)34(5)6/h8-9,11-12,20,26-30,36H,7,10,13-17,21H2,1-6H3/t26-,27-,28+,29-,30+,32-,33+/m0/s1. The van der Waals surface area contributed by atoms with Crippen LogP contribution >= 0.6 is 0 Å². The molecule has 0 unspecified atom stereocenters. The van der Waals surface area contributed by atoms with Crippen LogP contribution in [0.3, 0.4) is 0 Å². The zero-order chi connectivity index (χ0) is 25.9. The summed E-state index contributed by atoms with van der Waals surface area (Å²) in [6.07, 6.45) is 9.65. The predicted octanol–water partition coefficient (Wildman–Crippen LogP) is 6.76. The number of allylic oxidation sites excluding steroid dienone is 1. The maximum Gasteiger partial charge on any atom is 0.155 e. The third kappa shape index (κ3) is 4.14. The van der Waals surface area contributed by atoms with Crippen molar-refractivity contribution < 1.29 is 9.90 Å². The smallest absolute Gasteiger partial charge is 0.155 e. The van der Waals surface area contributed by atoms with Gasteiger partial charge in [0, 0.05) is 37.0 Å². The predicted molar refractivity (Wildman–Crippen MR) is 148 cm³/mol. The molecule has 0 heterocycles. The molecule has 3 heteroatoms. The molecule has 0 aromatic heterocycles. The molecule has 0 aliphatic heterocycles. The molecule has 5 rings (SSSR count). The molecule has 0 bridgehead atoms. The number of aliphatic hydroxyl groups is 1. The number of hydrogen-bond donors (Lipinski definition) is 1. The van der Waals surface area contributed by atoms with Crippen LogP contribution in [0.5, 0.6) is 0 Å². The maximum absolute atomic E-state index is 12.3. The lowest BCUT2D eigenvalue weighted by molar-refractivity contribution is -0.117. The highest BCUT2D eigenvalue weighted by molar-refractivity contribution is 5.91. The van der Waals surface area contributed by atoms with Crippen LogP contribution in [0.15, 0.2) is 35.9 Å². The second kappa shape index (κ2) is 9.05. The summed E-state index contributed by atoms with van der Waals surface area (Å²) in [5, 5.41) is 12.2. The number of nitrogens with zero attached hydrogens (tertiary/aromatic N) is 1. The van der Waals surface area contributed by atoms with Gasteiger partial charge in [-0.2, -0.15) is 0 Å². The Kier molecular flexibility index (Phi) is 6.44. The molecular weight excluding hydrogens is 442 g/mol. The van der Waals surface area contributed by atoms with E-state index in [0.29, 0.717) is 41.8 Å². The lowest BCUT2D eigenvalue weighted by Crippen LogP contribution is -2.54. The van der Waals surface area contributed by atoms with Gasteiger partial charge in [0.25, 0.3) is 0 Å². The first-order valence-electron chi connectivity index (χ1n) is 14.3. The Morgan fingerprint density at radius 2 is 1.81 bits per heavy atom. The summed E-state index contributed by atoms with van der Waals surface area (Å²) in [6, 6.07) is 9.14. The molecule has 1 aromatic carbocycles. The molecule has 4 aliphatic carbocycles. The lowest BCUT2D eigenvalue weighted by Gasteiger charge is -2.58. The van der Waals surface area contributed by atoms with Gasteiger partial charge in [0.15, 0.2) is 5.78 Å². The van der Waals surface area contributed by atoms with E-state index < -0.39 is 5.60 Å². The Morgan fingerprint density at radius 1 is 1.08 bits per heavy atom. The van der Waals surface area contributed by atoms with Crippen molar-refractivity contribution >= 4 is 11.5 Å². The highest BCUT2D eigenvalue weighted by Crippen LogP contribution is 2.68. The molecule has 36 heavy (non-hydrogen) atoms. The number of ketones is 1. The Bertz CT molecular complexity index is 1100. The van der Waals surface area contributed by atoms with Crippen molar-refractivity contribution in [3.8, 4) is 11.8 Å². The zero-order valence-electron chi connectivity index (χ0n) is 23.2. The van der Waals surface area contributed by atoms with Crippen molar-refractivity contribution in [2.24, 2.45) is 34.5 Å². The van der Waals surface area contributed by atoms with Crippen molar-refractivity contribution in [3.05, 3.63) is 41.5 Å². The van der Waals surface area contributed by atoms with Crippen molar-refractivity contribution in [3.63, 3.8) is 0 Å². The van der Waals surface area contributed by atoms with E-state index in [-0.39, 0.29) is 10.8 Å². The first kappa shape index (κ1) is 25.6. The highest BCUT2D eigenvalue weighted by atomic mass is 16.3. The molecule has 1 aromatic rings. The van der Waals surface area contributed by atoms with E-state index >= 15 is 0 Å². The van der Waals surface area contributed by atoms with Gasteiger partial charge in [0.05, 0.1) is 0 Å². The second-order valence-corrected chi connectivity index (χ2v) is 13.3. The van der Waals surface area contributed by atoms with Gasteiger partial charge in [-0.25, -0.2) is 0 Å². The summed E-state index contributed by atoms with van der Waals surface area (Å²) in [4.78, 5) is 14.5. The average Bonchev–Trinajstić information content (AvgIpc) is 3.12. The van der Waals surface area contributed by atoms with Gasteiger partial charge in [-0.05, 0) is 112 Å². The molecule has 3 nitrogen and oxygen atoms in total. The van der Waals surface area contributed by atoms with Crippen molar-refractivity contribution in [1.82, 2.24) is 0 Å². The molecule has 4 aliphatic rings. The monoisotopic (exact) mass is 487 g/mol. The second-order valence-electron chi connectivity index (χ2n) is 13.3. The molecule has 0 radical (unpaired) electrons. The summed E-state index contributed by atoms with van der Waals surface area (Å²) in [6.45, 7) is 8.90. The number of benzene rings is 1. The maximum atomic E-state index is 12.3. The number of carbonyl (C=O) groups excluding carboxylic acids is 1. The van der Waals surface area contributed by atoms with Gasteiger partial charge < -0.3 is 10.0 Å². The van der Waals surface area contributed by atoms with E-state index in [1.165, 1.54) is 16.8 Å². The number of fused-ring (bicyclic) bond motifs is 5. The summed E-state index contributed by atoms with van der Waals surface area (Å²) < 4.78 is 0. The van der Waals surface area contributed by atoms with E-state index in [0.717, 1.165) is 44.9 Å². The topological polar surface area (TPSA) is 40.5 Å². The lowest BCUT2D eigenvalue weighted by atomic mass is 9.46. The number of anilines is 1. The first-order valence-corrected chi connectivity index (χ1v) is 14.3. The molecule has 7 atom stereocenters. The third-order valence-corrected chi connectivity index (χ3v) is 10.8. The van der Waals surface area contributed by atoms with Crippen LogP contribution < -0.4 is 4.90 Å². The SMILES string of the molecule is CCC(C)(C)C#C[C@]1(O)CC[C@H]2[C@@H]3CCC4=CC(=O)CC[C@@H]4[C@H]3[C@@H](c3ccc(N(C)C)cc3)C[C@@]21C. The van der Waals surface area contributed by atoms with Crippen LogP contribution in [0.2, 0.25) is 0 Å². The highest BCUT2D eigenvalue weighted by Gasteiger charge is 2.64. The molecule has 3 saturated carbocycles. The fourth-order valence-electron chi connectivity index (χ4n) is 8.24. The van der Waals surface area contributed by atoms with E-state index in [4.69, 9.17) is 0 Å². The zero-order valence-corrected chi connectivity index (χ0v) is 23.2. The van der Waals surface area contributed by atoms with Gasteiger partial charge >= 0.3 is 0 Å². The van der Waals surface area contributed by atoms with Crippen LogP contribution in [0.4, 0.5) is 5.69 Å². The van der Waals surface area contributed by atoms with Crippen LogP contribution in [0, 0.1) is 46.3 Å². The molecule has 194 valence electrons. The molecule has 0 saturated heterocycles. The fraction of sp³-hybridized carbons (Fsp3) is 0.667. The summed E-state index contributed by atoms with van der Waals surface area (Å²) in [7, 11) is 4.17. The van der Waals surface area contributed by atoms with Crippen molar-refractivity contribution in [1.29, 1.82) is 0 Å². The molecular formula is C33H45NO2. The first-order chi connectivity index (χ1) is 17.0. The summed E-state index contributed by atoms with van der Waals surface area (Å²) in [5.41, 5.74) is 2.78. The fourth-order valence-corrected chi connectivity index (χ4v) is 8.24. The molecule has 0 spiro atoms.